The molecular weight excluding hydrogens is 298 g/mol. The monoisotopic (exact) mass is 325 g/mol. The maximum absolute atomic E-state index is 4.75. The quantitative estimate of drug-likeness (QED) is 0.935. The molecule has 0 radical (unpaired) electrons. The minimum Gasteiger partial charge on any atom is -0.343 e. The molecule has 24 heavy (non-hydrogen) atoms. The zero-order valence-electron chi connectivity index (χ0n) is 14.3. The number of aromatic nitrogens is 4. The normalized spacial score (nSPS) is 21.2. The third kappa shape index (κ3) is 3.66. The number of piperidine rings is 1. The van der Waals surface area contributed by atoms with Crippen LogP contribution in [0.25, 0.3) is 11.5 Å². The minimum absolute atomic E-state index is 0.742. The second-order valence-electron chi connectivity index (χ2n) is 7.31. The molecule has 0 aromatic carbocycles. The van der Waals surface area contributed by atoms with Gasteiger partial charge >= 0.3 is 0 Å². The SMILES string of the molecule is c1c[nH]c(-c2cncc(CC3CCN(C4CCCCC4)CC3)n2)n1. The van der Waals surface area contributed by atoms with Crippen molar-refractivity contribution in [3.63, 3.8) is 0 Å². The summed E-state index contributed by atoms with van der Waals surface area (Å²) in [5.41, 5.74) is 1.94. The number of rotatable bonds is 4. The molecule has 2 aromatic rings. The Kier molecular flexibility index (Phi) is 4.88. The van der Waals surface area contributed by atoms with Crippen LogP contribution in [0.2, 0.25) is 0 Å². The Hall–Kier alpha value is -1.75. The van der Waals surface area contributed by atoms with Gasteiger partial charge in [-0.3, -0.25) is 4.98 Å². The maximum Gasteiger partial charge on any atom is 0.157 e. The van der Waals surface area contributed by atoms with Gasteiger partial charge in [-0.2, -0.15) is 0 Å². The number of H-pyrrole nitrogens is 1. The average Bonchev–Trinajstić information content (AvgIpc) is 3.18. The molecule has 1 saturated carbocycles. The van der Waals surface area contributed by atoms with Crippen LogP contribution in [0, 0.1) is 5.92 Å². The first-order chi connectivity index (χ1) is 11.9. The average molecular weight is 325 g/mol. The van der Waals surface area contributed by atoms with Crippen LogP contribution >= 0.6 is 0 Å². The molecule has 1 N–H and O–H groups in total. The van der Waals surface area contributed by atoms with E-state index in [1.807, 2.05) is 12.4 Å². The van der Waals surface area contributed by atoms with Gasteiger partial charge in [0.15, 0.2) is 5.82 Å². The summed E-state index contributed by atoms with van der Waals surface area (Å²) in [6.45, 7) is 2.53. The fourth-order valence-corrected chi connectivity index (χ4v) is 4.29. The third-order valence-corrected chi connectivity index (χ3v) is 5.66. The van der Waals surface area contributed by atoms with Gasteiger partial charge in [-0.1, -0.05) is 19.3 Å². The van der Waals surface area contributed by atoms with Gasteiger partial charge in [-0.05, 0) is 51.1 Å². The Balaban J connectivity index is 1.33. The number of aromatic amines is 1. The van der Waals surface area contributed by atoms with Crippen LogP contribution in [0.1, 0.15) is 50.6 Å². The predicted molar refractivity (Wildman–Crippen MR) is 94.5 cm³/mol. The van der Waals surface area contributed by atoms with E-state index in [0.29, 0.717) is 0 Å². The van der Waals surface area contributed by atoms with Crippen molar-refractivity contribution >= 4 is 0 Å². The van der Waals surface area contributed by atoms with E-state index in [1.165, 1.54) is 58.0 Å². The zero-order chi connectivity index (χ0) is 16.2. The van der Waals surface area contributed by atoms with Gasteiger partial charge in [0.1, 0.15) is 5.69 Å². The predicted octanol–water partition coefficient (Wildman–Crippen LogP) is 3.45. The first-order valence-corrected chi connectivity index (χ1v) is 9.43. The van der Waals surface area contributed by atoms with Crippen molar-refractivity contribution < 1.29 is 0 Å². The highest BCUT2D eigenvalue weighted by Crippen LogP contribution is 2.28. The lowest BCUT2D eigenvalue weighted by molar-refractivity contribution is 0.106. The lowest BCUT2D eigenvalue weighted by Crippen LogP contribution is -2.42. The molecule has 0 amide bonds. The molecule has 4 rings (SSSR count). The van der Waals surface area contributed by atoms with Crippen LogP contribution in [0.3, 0.4) is 0 Å². The number of nitrogens with zero attached hydrogens (tertiary/aromatic N) is 4. The Bertz CT molecular complexity index is 625. The summed E-state index contributed by atoms with van der Waals surface area (Å²) in [5.74, 6) is 1.54. The summed E-state index contributed by atoms with van der Waals surface area (Å²) in [6.07, 6.45) is 18.1. The summed E-state index contributed by atoms with van der Waals surface area (Å²) in [5, 5.41) is 0. The van der Waals surface area contributed by atoms with E-state index in [-0.39, 0.29) is 0 Å². The summed E-state index contributed by atoms with van der Waals surface area (Å²) < 4.78 is 0. The van der Waals surface area contributed by atoms with E-state index >= 15 is 0 Å². The van der Waals surface area contributed by atoms with E-state index < -0.39 is 0 Å². The molecule has 2 fully saturated rings. The number of nitrogens with one attached hydrogen (secondary N) is 1. The second kappa shape index (κ2) is 7.43. The molecule has 2 aromatic heterocycles. The molecule has 3 heterocycles. The Morgan fingerprint density at radius 1 is 1.04 bits per heavy atom. The zero-order valence-corrected chi connectivity index (χ0v) is 14.3. The Morgan fingerprint density at radius 2 is 1.88 bits per heavy atom. The highest BCUT2D eigenvalue weighted by Gasteiger charge is 2.26. The van der Waals surface area contributed by atoms with Crippen molar-refractivity contribution in [3.8, 4) is 11.5 Å². The highest BCUT2D eigenvalue weighted by molar-refractivity contribution is 5.46. The number of hydrogen-bond donors (Lipinski definition) is 1. The molecular formula is C19H27N5. The van der Waals surface area contributed by atoms with Crippen LogP contribution in [0.4, 0.5) is 0 Å². The van der Waals surface area contributed by atoms with Gasteiger partial charge in [-0.25, -0.2) is 9.97 Å². The van der Waals surface area contributed by atoms with Crippen molar-refractivity contribution in [1.29, 1.82) is 0 Å². The van der Waals surface area contributed by atoms with Gasteiger partial charge in [0.25, 0.3) is 0 Å². The van der Waals surface area contributed by atoms with Gasteiger partial charge in [-0.15, -0.1) is 0 Å². The molecule has 0 atom stereocenters. The molecule has 1 aliphatic carbocycles. The van der Waals surface area contributed by atoms with Gasteiger partial charge in [0.05, 0.1) is 11.9 Å². The first kappa shape index (κ1) is 15.8. The largest absolute Gasteiger partial charge is 0.343 e. The van der Waals surface area contributed by atoms with E-state index in [1.54, 1.807) is 12.4 Å². The summed E-state index contributed by atoms with van der Waals surface area (Å²) in [4.78, 5) is 19.2. The molecule has 5 heteroatoms. The first-order valence-electron chi connectivity index (χ1n) is 9.43. The third-order valence-electron chi connectivity index (χ3n) is 5.66. The van der Waals surface area contributed by atoms with Crippen LogP contribution in [0.5, 0.6) is 0 Å². The Morgan fingerprint density at radius 3 is 2.62 bits per heavy atom. The molecule has 0 spiro atoms. The topological polar surface area (TPSA) is 57.7 Å². The number of likely N-dealkylation sites (tertiary alicyclic amines) is 1. The molecule has 0 bridgehead atoms. The lowest BCUT2D eigenvalue weighted by Gasteiger charge is -2.39. The summed E-state index contributed by atoms with van der Waals surface area (Å²) in [7, 11) is 0. The van der Waals surface area contributed by atoms with E-state index in [9.17, 15) is 0 Å². The van der Waals surface area contributed by atoms with E-state index in [2.05, 4.69) is 19.9 Å². The molecule has 1 aliphatic heterocycles. The standard InChI is InChI=1S/C19H27N5/c1-2-4-17(5-3-1)24-10-6-15(7-11-24)12-16-13-20-14-18(23-16)19-21-8-9-22-19/h8-9,13-15,17H,1-7,10-12H2,(H,21,22). The highest BCUT2D eigenvalue weighted by atomic mass is 15.2. The van der Waals surface area contributed by atoms with Crippen molar-refractivity contribution in [2.45, 2.75) is 57.4 Å². The fourth-order valence-electron chi connectivity index (χ4n) is 4.29. The van der Waals surface area contributed by atoms with Crippen LogP contribution in [-0.2, 0) is 6.42 Å². The van der Waals surface area contributed by atoms with E-state index in [0.717, 1.165) is 35.6 Å². The smallest absolute Gasteiger partial charge is 0.157 e. The lowest BCUT2D eigenvalue weighted by atomic mass is 9.88. The maximum atomic E-state index is 4.75. The Labute approximate surface area is 143 Å². The fraction of sp³-hybridized carbons (Fsp3) is 0.632. The molecule has 2 aliphatic rings. The van der Waals surface area contributed by atoms with E-state index in [4.69, 9.17) is 4.98 Å². The summed E-state index contributed by atoms with van der Waals surface area (Å²) in [6, 6.07) is 0.863. The number of imidazole rings is 1. The van der Waals surface area contributed by atoms with Gasteiger partial charge in [0, 0.05) is 24.6 Å². The molecule has 128 valence electrons. The number of hydrogen-bond acceptors (Lipinski definition) is 4. The van der Waals surface area contributed by atoms with Gasteiger partial charge in [0.2, 0.25) is 0 Å². The van der Waals surface area contributed by atoms with Crippen LogP contribution < -0.4 is 0 Å². The molecule has 1 saturated heterocycles. The molecule has 0 unspecified atom stereocenters. The van der Waals surface area contributed by atoms with Gasteiger partial charge < -0.3 is 9.88 Å². The van der Waals surface area contributed by atoms with Crippen molar-refractivity contribution in [2.24, 2.45) is 5.92 Å². The van der Waals surface area contributed by atoms with Crippen molar-refractivity contribution in [3.05, 3.63) is 30.5 Å². The molecule has 5 nitrogen and oxygen atoms in total. The van der Waals surface area contributed by atoms with Crippen LogP contribution in [0.15, 0.2) is 24.8 Å². The second-order valence-corrected chi connectivity index (χ2v) is 7.31. The van der Waals surface area contributed by atoms with Crippen LogP contribution in [-0.4, -0.2) is 44.0 Å². The van der Waals surface area contributed by atoms with Crippen molar-refractivity contribution in [1.82, 2.24) is 24.8 Å². The minimum atomic E-state index is 0.742. The summed E-state index contributed by atoms with van der Waals surface area (Å²) >= 11 is 0. The van der Waals surface area contributed by atoms with Crippen molar-refractivity contribution in [2.75, 3.05) is 13.1 Å².